The van der Waals surface area contributed by atoms with Crippen molar-refractivity contribution in [3.63, 3.8) is 0 Å². The second-order valence-electron chi connectivity index (χ2n) is 4.29. The van der Waals surface area contributed by atoms with E-state index >= 15 is 0 Å². The van der Waals surface area contributed by atoms with Gasteiger partial charge in [0.25, 0.3) is 7.65 Å². The van der Waals surface area contributed by atoms with Crippen LogP contribution in [0.25, 0.3) is 0 Å². The smallest absolute Gasteiger partial charge is 0.323 e. The Morgan fingerprint density at radius 3 is 2.68 bits per heavy atom. The number of benzene rings is 1. The lowest BCUT2D eigenvalue weighted by Crippen LogP contribution is -2.31. The highest BCUT2D eigenvalue weighted by molar-refractivity contribution is 7.78. The molecule has 2 atom stereocenters. The first-order valence-electron chi connectivity index (χ1n) is 6.62. The number of hydrogen-bond donors (Lipinski definition) is 1. The molecule has 0 fully saturated rings. The normalized spacial score (nSPS) is 13.8. The van der Waals surface area contributed by atoms with E-state index in [-0.39, 0.29) is 6.61 Å². The maximum Gasteiger partial charge on any atom is 0.323 e. The van der Waals surface area contributed by atoms with Crippen LogP contribution in [0, 0.1) is 0 Å². The fraction of sp³-hybridized carbons (Fsp3) is 0.188. The minimum Gasteiger partial charge on any atom is -0.460 e. The van der Waals surface area contributed by atoms with Gasteiger partial charge in [0.1, 0.15) is 18.4 Å². The molecule has 1 unspecified atom stereocenters. The quantitative estimate of drug-likeness (QED) is 0.312. The Morgan fingerprint density at radius 1 is 1.41 bits per heavy atom. The summed E-state index contributed by atoms with van der Waals surface area (Å²) in [6, 6.07) is 8.88. The third-order valence-electron chi connectivity index (χ3n) is 2.54. The third kappa shape index (κ3) is 6.90. The molecule has 6 heteroatoms. The average molecular weight is 340 g/mol. The summed E-state index contributed by atoms with van der Waals surface area (Å²) in [6.45, 7) is 9.05. The van der Waals surface area contributed by atoms with Crippen molar-refractivity contribution in [1.82, 2.24) is 5.09 Å². The van der Waals surface area contributed by atoms with Crippen LogP contribution in [0.2, 0.25) is 0 Å². The predicted molar refractivity (Wildman–Crippen MR) is 91.2 cm³/mol. The van der Waals surface area contributed by atoms with Crippen LogP contribution in [0.4, 0.5) is 0 Å². The molecule has 0 bridgehead atoms. The highest BCUT2D eigenvalue weighted by atomic mass is 35.7. The number of nitrogens with one attached hydrogen (secondary N) is 1. The second kappa shape index (κ2) is 10.2. The molecule has 0 saturated carbocycles. The SMILES string of the molecule is C=C/C=C(\C=C)OP(Cl)N[C@@H](C)C(=O)OCc1ccccc1. The minimum absolute atomic E-state index is 0.223. The van der Waals surface area contributed by atoms with Crippen molar-refractivity contribution in [1.29, 1.82) is 0 Å². The Balaban J connectivity index is 2.41. The molecule has 0 heterocycles. The molecule has 0 aliphatic rings. The summed E-state index contributed by atoms with van der Waals surface area (Å²) in [6.07, 6.45) is 4.71. The molecule has 22 heavy (non-hydrogen) atoms. The first-order valence-corrected chi connectivity index (χ1v) is 8.79. The van der Waals surface area contributed by atoms with E-state index in [9.17, 15) is 4.79 Å². The summed E-state index contributed by atoms with van der Waals surface area (Å²) in [5.74, 6) is 0.0851. The van der Waals surface area contributed by atoms with Gasteiger partial charge in [-0.05, 0) is 35.9 Å². The van der Waals surface area contributed by atoms with Crippen molar-refractivity contribution in [2.45, 2.75) is 19.6 Å². The van der Waals surface area contributed by atoms with Crippen LogP contribution in [0.15, 0.2) is 67.5 Å². The van der Waals surface area contributed by atoms with E-state index in [1.807, 2.05) is 30.3 Å². The van der Waals surface area contributed by atoms with Gasteiger partial charge in [0, 0.05) is 0 Å². The molecule has 0 spiro atoms. The van der Waals surface area contributed by atoms with Gasteiger partial charge in [-0.2, -0.15) is 0 Å². The molecule has 1 N–H and O–H groups in total. The summed E-state index contributed by atoms with van der Waals surface area (Å²) in [5.41, 5.74) is 0.926. The number of hydrogen-bond acceptors (Lipinski definition) is 4. The summed E-state index contributed by atoms with van der Waals surface area (Å²) >= 11 is 6.05. The van der Waals surface area contributed by atoms with Crippen LogP contribution in [0.5, 0.6) is 0 Å². The summed E-state index contributed by atoms with van der Waals surface area (Å²) in [4.78, 5) is 11.9. The standard InChI is InChI=1S/C16H19ClNO3P/c1-4-9-15(5-2)21-22(17)18-13(3)16(19)20-12-14-10-7-6-8-11-14/h4-11,13,18H,1-2,12H2,3H3/b15-9+/t13-,22?/m0/s1. The fourth-order valence-electron chi connectivity index (χ4n) is 1.43. The van der Waals surface area contributed by atoms with Gasteiger partial charge in [-0.15, -0.1) is 0 Å². The van der Waals surface area contributed by atoms with Crippen LogP contribution in [0.3, 0.4) is 0 Å². The molecule has 0 amide bonds. The molecule has 1 aromatic carbocycles. The average Bonchev–Trinajstić information content (AvgIpc) is 2.52. The van der Waals surface area contributed by atoms with E-state index < -0.39 is 19.7 Å². The molecule has 0 radical (unpaired) electrons. The van der Waals surface area contributed by atoms with Gasteiger partial charge in [0.05, 0.1) is 0 Å². The lowest BCUT2D eigenvalue weighted by Gasteiger charge is -2.17. The molecule has 1 aromatic rings. The van der Waals surface area contributed by atoms with Crippen molar-refractivity contribution in [2.24, 2.45) is 0 Å². The second-order valence-corrected chi connectivity index (χ2v) is 6.14. The number of allylic oxidation sites excluding steroid dienone is 3. The van der Waals surface area contributed by atoms with E-state index in [0.29, 0.717) is 5.76 Å². The molecule has 1 rings (SSSR count). The Bertz CT molecular complexity index is 533. The Morgan fingerprint density at radius 2 is 2.09 bits per heavy atom. The van der Waals surface area contributed by atoms with Crippen LogP contribution < -0.4 is 5.09 Å². The van der Waals surface area contributed by atoms with E-state index in [2.05, 4.69) is 18.2 Å². The molecule has 0 aromatic heterocycles. The van der Waals surface area contributed by atoms with Crippen LogP contribution in [0.1, 0.15) is 12.5 Å². The molecular weight excluding hydrogens is 321 g/mol. The summed E-state index contributed by atoms with van der Waals surface area (Å²) in [7, 11) is -1.54. The van der Waals surface area contributed by atoms with Crippen molar-refractivity contribution in [3.8, 4) is 0 Å². The fourth-order valence-corrected chi connectivity index (χ4v) is 2.89. The number of ether oxygens (including phenoxy) is 1. The third-order valence-corrected chi connectivity index (χ3v) is 4.00. The number of carbonyl (C=O) groups excluding carboxylic acids is 1. The first kappa shape index (κ1) is 18.4. The lowest BCUT2D eigenvalue weighted by atomic mass is 10.2. The van der Waals surface area contributed by atoms with E-state index in [4.69, 9.17) is 20.5 Å². The van der Waals surface area contributed by atoms with Crippen molar-refractivity contribution < 1.29 is 14.1 Å². The summed E-state index contributed by atoms with van der Waals surface area (Å²) in [5, 5.41) is 2.85. The number of rotatable bonds is 9. The zero-order chi connectivity index (χ0) is 16.4. The van der Waals surface area contributed by atoms with Crippen molar-refractivity contribution >= 4 is 24.9 Å². The molecule has 118 valence electrons. The number of carbonyl (C=O) groups is 1. The molecule has 0 aliphatic carbocycles. The van der Waals surface area contributed by atoms with Crippen LogP contribution in [-0.4, -0.2) is 12.0 Å². The maximum absolute atomic E-state index is 11.9. The van der Waals surface area contributed by atoms with E-state index in [0.717, 1.165) is 5.56 Å². The first-order chi connectivity index (χ1) is 10.6. The zero-order valence-corrected chi connectivity index (χ0v) is 14.0. The van der Waals surface area contributed by atoms with Gasteiger partial charge in [0.15, 0.2) is 0 Å². The Labute approximate surface area is 137 Å². The van der Waals surface area contributed by atoms with Crippen LogP contribution >= 0.6 is 18.9 Å². The molecular formula is C16H19ClNO3P. The number of halogens is 1. The van der Waals surface area contributed by atoms with Crippen LogP contribution in [-0.2, 0) is 20.7 Å². The molecule has 0 saturated heterocycles. The maximum atomic E-state index is 11.9. The highest BCUT2D eigenvalue weighted by Gasteiger charge is 2.19. The van der Waals surface area contributed by atoms with Crippen molar-refractivity contribution in [3.05, 3.63) is 73.0 Å². The summed E-state index contributed by atoms with van der Waals surface area (Å²) < 4.78 is 10.6. The Kier molecular flexibility index (Phi) is 8.53. The largest absolute Gasteiger partial charge is 0.460 e. The lowest BCUT2D eigenvalue weighted by molar-refractivity contribution is -0.146. The topological polar surface area (TPSA) is 47.6 Å². The van der Waals surface area contributed by atoms with E-state index in [1.165, 1.54) is 6.08 Å². The molecule has 0 aliphatic heterocycles. The monoisotopic (exact) mass is 339 g/mol. The van der Waals surface area contributed by atoms with Gasteiger partial charge in [-0.25, -0.2) is 5.09 Å². The van der Waals surface area contributed by atoms with E-state index in [1.54, 1.807) is 19.1 Å². The highest BCUT2D eigenvalue weighted by Crippen LogP contribution is 2.41. The minimum atomic E-state index is -1.54. The van der Waals surface area contributed by atoms with Gasteiger partial charge < -0.3 is 9.26 Å². The number of esters is 1. The predicted octanol–water partition coefficient (Wildman–Crippen LogP) is 4.45. The van der Waals surface area contributed by atoms with Gasteiger partial charge in [-0.1, -0.05) is 49.6 Å². The van der Waals surface area contributed by atoms with Gasteiger partial charge >= 0.3 is 5.97 Å². The zero-order valence-electron chi connectivity index (χ0n) is 12.4. The Hall–Kier alpha value is -1.61. The van der Waals surface area contributed by atoms with Crippen molar-refractivity contribution in [2.75, 3.05) is 0 Å². The van der Waals surface area contributed by atoms with Gasteiger partial charge in [0.2, 0.25) is 0 Å². The molecule has 4 nitrogen and oxygen atoms in total. The van der Waals surface area contributed by atoms with Gasteiger partial charge in [-0.3, -0.25) is 4.79 Å².